The molecule has 0 saturated heterocycles. The van der Waals surface area contributed by atoms with Crippen molar-refractivity contribution in [1.82, 2.24) is 15.2 Å². The molecule has 0 atom stereocenters. The van der Waals surface area contributed by atoms with E-state index in [1.54, 1.807) is 6.07 Å². The fourth-order valence-electron chi connectivity index (χ4n) is 1.62. The van der Waals surface area contributed by atoms with Gasteiger partial charge in [-0.05, 0) is 19.9 Å². The predicted molar refractivity (Wildman–Crippen MR) is 68.1 cm³/mol. The number of aromatic amines is 1. The van der Waals surface area contributed by atoms with Crippen molar-refractivity contribution in [2.45, 2.75) is 13.8 Å². The smallest absolute Gasteiger partial charge is 0.258 e. The van der Waals surface area contributed by atoms with E-state index in [0.29, 0.717) is 16.9 Å². The third-order valence-electron chi connectivity index (χ3n) is 2.59. The third-order valence-corrected chi connectivity index (χ3v) is 2.59. The molecule has 0 aliphatic carbocycles. The highest BCUT2D eigenvalue weighted by atomic mass is 16.1. The zero-order valence-electron chi connectivity index (χ0n) is 10.1. The molecular formula is C11H14N6O. The lowest BCUT2D eigenvalue weighted by molar-refractivity contribution is 0.102. The minimum atomic E-state index is -0.266. The molecule has 18 heavy (non-hydrogen) atoms. The highest BCUT2D eigenvalue weighted by molar-refractivity contribution is 6.08. The van der Waals surface area contributed by atoms with E-state index >= 15 is 0 Å². The average Bonchev–Trinajstić information content (AvgIpc) is 2.70. The zero-order valence-corrected chi connectivity index (χ0v) is 10.1. The molecule has 0 radical (unpaired) electrons. The summed E-state index contributed by atoms with van der Waals surface area (Å²) in [6, 6.07) is 1.59. The monoisotopic (exact) mass is 246 g/mol. The second kappa shape index (κ2) is 4.84. The van der Waals surface area contributed by atoms with Gasteiger partial charge in [0, 0.05) is 6.20 Å². The third kappa shape index (κ3) is 2.16. The summed E-state index contributed by atoms with van der Waals surface area (Å²) < 4.78 is 0. The fourth-order valence-corrected chi connectivity index (χ4v) is 1.62. The van der Waals surface area contributed by atoms with Gasteiger partial charge in [-0.3, -0.25) is 20.7 Å². The molecule has 0 unspecified atom stereocenters. The average molecular weight is 246 g/mol. The molecule has 0 saturated carbocycles. The predicted octanol–water partition coefficient (Wildman–Crippen LogP) is 0.959. The standard InChI is InChI=1S/C11H14N6O/c1-6-10(7(2)17-16-6)14-11(18)8-3-4-13-5-9(8)15-12/h3-5,15H,12H2,1-2H3,(H,14,18)(H,16,17). The summed E-state index contributed by atoms with van der Waals surface area (Å²) in [7, 11) is 0. The normalized spacial score (nSPS) is 10.2. The maximum Gasteiger partial charge on any atom is 0.258 e. The number of aryl methyl sites for hydroxylation is 2. The van der Waals surface area contributed by atoms with Gasteiger partial charge in [-0.25, -0.2) is 0 Å². The lowest BCUT2D eigenvalue weighted by Crippen LogP contribution is -2.18. The van der Waals surface area contributed by atoms with Gasteiger partial charge in [0.05, 0.1) is 34.5 Å². The minimum Gasteiger partial charge on any atom is -0.322 e. The molecule has 1 amide bonds. The summed E-state index contributed by atoms with van der Waals surface area (Å²) in [6.45, 7) is 3.65. The van der Waals surface area contributed by atoms with Crippen molar-refractivity contribution in [3.63, 3.8) is 0 Å². The first kappa shape index (κ1) is 12.1. The van der Waals surface area contributed by atoms with Crippen LogP contribution in [-0.4, -0.2) is 21.1 Å². The first-order valence-corrected chi connectivity index (χ1v) is 5.37. The molecule has 7 nitrogen and oxygen atoms in total. The summed E-state index contributed by atoms with van der Waals surface area (Å²) in [5.74, 6) is 5.07. The first-order valence-electron chi connectivity index (χ1n) is 5.37. The van der Waals surface area contributed by atoms with E-state index in [-0.39, 0.29) is 5.91 Å². The Labute approximate surface area is 104 Å². The van der Waals surface area contributed by atoms with Gasteiger partial charge in [-0.15, -0.1) is 0 Å². The number of anilines is 2. The molecule has 0 fully saturated rings. The van der Waals surface area contributed by atoms with Crippen LogP contribution in [0.3, 0.4) is 0 Å². The van der Waals surface area contributed by atoms with Crippen molar-refractivity contribution in [3.8, 4) is 0 Å². The van der Waals surface area contributed by atoms with Gasteiger partial charge in [-0.1, -0.05) is 0 Å². The minimum absolute atomic E-state index is 0.266. The molecule has 0 aromatic carbocycles. The van der Waals surface area contributed by atoms with Gasteiger partial charge in [0.15, 0.2) is 0 Å². The molecule has 2 aromatic heterocycles. The summed E-state index contributed by atoms with van der Waals surface area (Å²) in [5.41, 5.74) is 5.55. The van der Waals surface area contributed by atoms with E-state index in [1.165, 1.54) is 12.4 Å². The molecule has 2 aromatic rings. The second-order valence-electron chi connectivity index (χ2n) is 3.83. The van der Waals surface area contributed by atoms with Crippen molar-refractivity contribution < 1.29 is 4.79 Å². The number of nitrogen functional groups attached to an aromatic ring is 1. The van der Waals surface area contributed by atoms with E-state index in [0.717, 1.165) is 11.4 Å². The molecule has 0 bridgehead atoms. The first-order chi connectivity index (χ1) is 8.63. The molecule has 0 aliphatic rings. The lowest BCUT2D eigenvalue weighted by Gasteiger charge is -2.08. The largest absolute Gasteiger partial charge is 0.322 e. The Hall–Kier alpha value is -2.41. The Morgan fingerprint density at radius 3 is 2.83 bits per heavy atom. The summed E-state index contributed by atoms with van der Waals surface area (Å²) in [6.07, 6.45) is 3.02. The highest BCUT2D eigenvalue weighted by Crippen LogP contribution is 2.19. The van der Waals surface area contributed by atoms with Crippen molar-refractivity contribution in [1.29, 1.82) is 0 Å². The van der Waals surface area contributed by atoms with Crippen LogP contribution in [0, 0.1) is 13.8 Å². The van der Waals surface area contributed by atoms with Crippen molar-refractivity contribution in [2.24, 2.45) is 5.84 Å². The summed E-state index contributed by atoms with van der Waals surface area (Å²) in [5, 5.41) is 9.61. The van der Waals surface area contributed by atoms with Gasteiger partial charge in [-0.2, -0.15) is 5.10 Å². The van der Waals surface area contributed by atoms with Crippen molar-refractivity contribution in [2.75, 3.05) is 10.7 Å². The van der Waals surface area contributed by atoms with Crippen LogP contribution in [0.1, 0.15) is 21.7 Å². The Kier molecular flexibility index (Phi) is 3.24. The van der Waals surface area contributed by atoms with Crippen molar-refractivity contribution >= 4 is 17.3 Å². The Balaban J connectivity index is 2.28. The zero-order chi connectivity index (χ0) is 13.1. The Morgan fingerprint density at radius 2 is 2.22 bits per heavy atom. The molecular weight excluding hydrogens is 232 g/mol. The van der Waals surface area contributed by atoms with Gasteiger partial charge in [0.1, 0.15) is 0 Å². The lowest BCUT2D eigenvalue weighted by atomic mass is 10.2. The van der Waals surface area contributed by atoms with Crippen LogP contribution in [0.25, 0.3) is 0 Å². The van der Waals surface area contributed by atoms with Crippen LogP contribution in [0.4, 0.5) is 11.4 Å². The maximum absolute atomic E-state index is 12.1. The number of amides is 1. The number of carbonyl (C=O) groups excluding carboxylic acids is 1. The van der Waals surface area contributed by atoms with Gasteiger partial charge >= 0.3 is 0 Å². The number of carbonyl (C=O) groups is 1. The van der Waals surface area contributed by atoms with Crippen LogP contribution in [0.2, 0.25) is 0 Å². The maximum atomic E-state index is 12.1. The van der Waals surface area contributed by atoms with Gasteiger partial charge < -0.3 is 10.7 Å². The topological polar surface area (TPSA) is 109 Å². The molecule has 0 spiro atoms. The molecule has 2 heterocycles. The van der Waals surface area contributed by atoms with Crippen LogP contribution in [0.5, 0.6) is 0 Å². The SMILES string of the molecule is Cc1n[nH]c(C)c1NC(=O)c1ccncc1NN. The fraction of sp³-hybridized carbons (Fsp3) is 0.182. The number of nitrogens with zero attached hydrogens (tertiary/aromatic N) is 2. The highest BCUT2D eigenvalue weighted by Gasteiger charge is 2.14. The number of nitrogens with one attached hydrogen (secondary N) is 3. The number of H-pyrrole nitrogens is 1. The van der Waals surface area contributed by atoms with Gasteiger partial charge in [0.25, 0.3) is 5.91 Å². The molecule has 2 rings (SSSR count). The van der Waals surface area contributed by atoms with Crippen molar-refractivity contribution in [3.05, 3.63) is 35.4 Å². The van der Waals surface area contributed by atoms with Gasteiger partial charge in [0.2, 0.25) is 0 Å². The summed E-state index contributed by atoms with van der Waals surface area (Å²) >= 11 is 0. The molecule has 0 aliphatic heterocycles. The van der Waals surface area contributed by atoms with Crippen LogP contribution < -0.4 is 16.6 Å². The number of rotatable bonds is 3. The number of pyridine rings is 1. The number of hydrogen-bond acceptors (Lipinski definition) is 5. The number of nitrogens with two attached hydrogens (primary N) is 1. The molecule has 94 valence electrons. The van der Waals surface area contributed by atoms with E-state index < -0.39 is 0 Å². The Morgan fingerprint density at radius 1 is 1.44 bits per heavy atom. The van der Waals surface area contributed by atoms with E-state index in [1.807, 2.05) is 13.8 Å². The number of hydrazine groups is 1. The van der Waals surface area contributed by atoms with E-state index in [9.17, 15) is 4.79 Å². The summed E-state index contributed by atoms with van der Waals surface area (Å²) in [4.78, 5) is 16.0. The van der Waals surface area contributed by atoms with Crippen LogP contribution in [-0.2, 0) is 0 Å². The molecule has 5 N–H and O–H groups in total. The molecule has 7 heteroatoms. The van der Waals surface area contributed by atoms with E-state index in [4.69, 9.17) is 5.84 Å². The number of hydrogen-bond donors (Lipinski definition) is 4. The quantitative estimate of drug-likeness (QED) is 0.476. The second-order valence-corrected chi connectivity index (χ2v) is 3.83. The number of aromatic nitrogens is 3. The Bertz CT molecular complexity index is 557. The van der Waals surface area contributed by atoms with E-state index in [2.05, 4.69) is 25.9 Å². The van der Waals surface area contributed by atoms with Crippen LogP contribution >= 0.6 is 0 Å². The van der Waals surface area contributed by atoms with Crippen LogP contribution in [0.15, 0.2) is 18.5 Å².